The van der Waals surface area contributed by atoms with E-state index in [4.69, 9.17) is 4.74 Å². The van der Waals surface area contributed by atoms with Crippen LogP contribution in [0.1, 0.15) is 76.2 Å². The van der Waals surface area contributed by atoms with E-state index in [9.17, 15) is 9.59 Å². The lowest BCUT2D eigenvalue weighted by Crippen LogP contribution is -2.61. The molecule has 0 unspecified atom stereocenters. The number of carbonyl (C=O) groups is 2. The molecule has 1 spiro atoms. The number of carbonyl (C=O) groups excluding carboxylic acids is 2. The van der Waals surface area contributed by atoms with E-state index < -0.39 is 5.60 Å². The molecule has 0 aromatic heterocycles. The van der Waals surface area contributed by atoms with E-state index in [1.807, 2.05) is 25.7 Å². The number of nitrogens with zero attached hydrogens (tertiary/aromatic N) is 2. The van der Waals surface area contributed by atoms with Crippen molar-refractivity contribution in [2.45, 2.75) is 72.3 Å². The fourth-order valence-corrected chi connectivity index (χ4v) is 4.44. The number of Topliss-reactive ketones (excluding diaryl/α,β-unsaturated/α-hetero) is 1. The lowest BCUT2D eigenvalue weighted by Gasteiger charge is -2.55. The molecule has 1 amide bonds. The molecule has 5 nitrogen and oxygen atoms in total. The Labute approximate surface area is 175 Å². The van der Waals surface area contributed by atoms with E-state index >= 15 is 0 Å². The summed E-state index contributed by atoms with van der Waals surface area (Å²) in [4.78, 5) is 29.0. The molecular weight excluding hydrogens is 364 g/mol. The largest absolute Gasteiger partial charge is 0.444 e. The van der Waals surface area contributed by atoms with Gasteiger partial charge in [-0.1, -0.05) is 19.9 Å². The lowest BCUT2D eigenvalue weighted by atomic mass is 9.71. The zero-order valence-corrected chi connectivity index (χ0v) is 18.7. The van der Waals surface area contributed by atoms with E-state index in [1.54, 1.807) is 0 Å². The Hall–Kier alpha value is -2.04. The van der Waals surface area contributed by atoms with Crippen molar-refractivity contribution < 1.29 is 14.3 Å². The molecule has 2 aliphatic heterocycles. The molecule has 2 saturated heterocycles. The van der Waals surface area contributed by atoms with E-state index in [1.165, 1.54) is 0 Å². The summed E-state index contributed by atoms with van der Waals surface area (Å²) < 4.78 is 5.51. The fourth-order valence-electron chi connectivity index (χ4n) is 4.44. The molecule has 5 heteroatoms. The van der Waals surface area contributed by atoms with Gasteiger partial charge in [0.25, 0.3) is 0 Å². The van der Waals surface area contributed by atoms with Gasteiger partial charge in [-0.15, -0.1) is 0 Å². The van der Waals surface area contributed by atoms with E-state index in [-0.39, 0.29) is 17.3 Å². The summed E-state index contributed by atoms with van der Waals surface area (Å²) in [5.74, 6) is 0.257. The second-order valence-corrected chi connectivity index (χ2v) is 9.69. The highest BCUT2D eigenvalue weighted by molar-refractivity contribution is 5.98. The van der Waals surface area contributed by atoms with E-state index in [0.29, 0.717) is 6.42 Å². The van der Waals surface area contributed by atoms with Gasteiger partial charge in [0, 0.05) is 49.3 Å². The van der Waals surface area contributed by atoms with Crippen LogP contribution in [-0.2, 0) is 11.2 Å². The topological polar surface area (TPSA) is 49.9 Å². The Balaban J connectivity index is 1.59. The van der Waals surface area contributed by atoms with Crippen LogP contribution in [-0.4, -0.2) is 48.6 Å². The van der Waals surface area contributed by atoms with Crippen molar-refractivity contribution >= 4 is 17.6 Å². The van der Waals surface area contributed by atoms with Crippen LogP contribution in [0.2, 0.25) is 0 Å². The minimum Gasteiger partial charge on any atom is -0.444 e. The quantitative estimate of drug-likeness (QED) is 0.648. The third-order valence-electron chi connectivity index (χ3n) is 6.15. The van der Waals surface area contributed by atoms with Crippen LogP contribution in [0.15, 0.2) is 18.2 Å². The Morgan fingerprint density at radius 2 is 1.76 bits per heavy atom. The molecule has 0 bridgehead atoms. The first kappa shape index (κ1) is 21.7. The molecule has 0 saturated carbocycles. The first-order valence-corrected chi connectivity index (χ1v) is 11.1. The third kappa shape index (κ3) is 4.93. The van der Waals surface area contributed by atoms with Crippen molar-refractivity contribution in [3.8, 4) is 0 Å². The molecule has 1 aromatic rings. The van der Waals surface area contributed by atoms with E-state index in [0.717, 1.165) is 68.7 Å². The monoisotopic (exact) mass is 400 g/mol. The number of amides is 1. The molecule has 29 heavy (non-hydrogen) atoms. The Morgan fingerprint density at radius 1 is 1.10 bits per heavy atom. The van der Waals surface area contributed by atoms with Gasteiger partial charge < -0.3 is 14.5 Å². The smallest absolute Gasteiger partial charge is 0.410 e. The van der Waals surface area contributed by atoms with Crippen LogP contribution in [0.4, 0.5) is 10.5 Å². The average Bonchev–Trinajstić information content (AvgIpc) is 2.64. The van der Waals surface area contributed by atoms with Gasteiger partial charge in [0.05, 0.1) is 0 Å². The SMILES string of the molecule is CCCC(=O)c1cc(N2CC3(CCN(C(=O)OC(C)(C)C)CC3)C2)ccc1CC. The molecule has 3 rings (SSSR count). The number of piperidine rings is 1. The lowest BCUT2D eigenvalue weighted by molar-refractivity contribution is 0.00598. The van der Waals surface area contributed by atoms with Gasteiger partial charge in [-0.3, -0.25) is 4.79 Å². The average molecular weight is 401 g/mol. The third-order valence-corrected chi connectivity index (χ3v) is 6.15. The second-order valence-electron chi connectivity index (χ2n) is 9.69. The summed E-state index contributed by atoms with van der Waals surface area (Å²) in [5.41, 5.74) is 3.04. The standard InChI is InChI=1S/C24H36N2O3/c1-6-8-21(27)20-15-19(10-9-18(20)7-2)26-16-24(17-26)11-13-25(14-12-24)22(28)29-23(3,4)5/h9-10,15H,6-8,11-14,16-17H2,1-5H3. The van der Waals surface area contributed by atoms with Gasteiger partial charge in [-0.2, -0.15) is 0 Å². The first-order valence-electron chi connectivity index (χ1n) is 11.1. The van der Waals surface area contributed by atoms with Crippen LogP contribution in [0.3, 0.4) is 0 Å². The molecule has 160 valence electrons. The number of hydrogen-bond acceptors (Lipinski definition) is 4. The number of hydrogen-bond donors (Lipinski definition) is 0. The number of benzene rings is 1. The maximum Gasteiger partial charge on any atom is 0.410 e. The molecule has 0 radical (unpaired) electrons. The highest BCUT2D eigenvalue weighted by Crippen LogP contribution is 2.43. The van der Waals surface area contributed by atoms with Crippen LogP contribution in [0.25, 0.3) is 0 Å². The molecule has 1 aromatic carbocycles. The maximum atomic E-state index is 12.5. The summed E-state index contributed by atoms with van der Waals surface area (Å²) in [6, 6.07) is 6.37. The van der Waals surface area contributed by atoms with Crippen molar-refractivity contribution in [1.29, 1.82) is 0 Å². The number of aryl methyl sites for hydroxylation is 1. The number of likely N-dealkylation sites (tertiary alicyclic amines) is 1. The van der Waals surface area contributed by atoms with Gasteiger partial charge in [0.2, 0.25) is 0 Å². The summed E-state index contributed by atoms with van der Waals surface area (Å²) >= 11 is 0. The Bertz CT molecular complexity index is 750. The van der Waals surface area contributed by atoms with Crippen molar-refractivity contribution in [3.63, 3.8) is 0 Å². The molecule has 2 fully saturated rings. The van der Waals surface area contributed by atoms with Crippen LogP contribution >= 0.6 is 0 Å². The minimum atomic E-state index is -0.447. The summed E-state index contributed by atoms with van der Waals surface area (Å²) in [7, 11) is 0. The second kappa shape index (κ2) is 8.37. The molecule has 0 N–H and O–H groups in total. The summed E-state index contributed by atoms with van der Waals surface area (Å²) in [5, 5.41) is 0. The van der Waals surface area contributed by atoms with Gasteiger partial charge >= 0.3 is 6.09 Å². The van der Waals surface area contributed by atoms with Crippen LogP contribution in [0, 0.1) is 5.41 Å². The van der Waals surface area contributed by atoms with Crippen molar-refractivity contribution in [1.82, 2.24) is 4.90 Å². The molecule has 0 atom stereocenters. The number of anilines is 1. The predicted molar refractivity (Wildman–Crippen MR) is 117 cm³/mol. The summed E-state index contributed by atoms with van der Waals surface area (Å²) in [6.45, 7) is 13.4. The minimum absolute atomic E-state index is 0.197. The molecular formula is C24H36N2O3. The highest BCUT2D eigenvalue weighted by Gasteiger charge is 2.46. The highest BCUT2D eigenvalue weighted by atomic mass is 16.6. The number of ether oxygens (including phenoxy) is 1. The van der Waals surface area contributed by atoms with Gasteiger partial charge in [-0.25, -0.2) is 4.79 Å². The normalized spacial score (nSPS) is 18.5. The molecule has 2 heterocycles. The first-order chi connectivity index (χ1) is 13.7. The Morgan fingerprint density at radius 3 is 2.31 bits per heavy atom. The fraction of sp³-hybridized carbons (Fsp3) is 0.667. The van der Waals surface area contributed by atoms with Crippen molar-refractivity contribution in [3.05, 3.63) is 29.3 Å². The van der Waals surface area contributed by atoms with Crippen LogP contribution < -0.4 is 4.90 Å². The zero-order chi connectivity index (χ0) is 21.2. The Kier molecular flexibility index (Phi) is 6.25. The van der Waals surface area contributed by atoms with Crippen molar-refractivity contribution in [2.24, 2.45) is 5.41 Å². The number of ketones is 1. The van der Waals surface area contributed by atoms with Gasteiger partial charge in [0.15, 0.2) is 5.78 Å². The maximum absolute atomic E-state index is 12.5. The predicted octanol–water partition coefficient (Wildman–Crippen LogP) is 5.07. The van der Waals surface area contributed by atoms with Gasteiger partial charge in [-0.05, 0) is 64.2 Å². The molecule has 0 aliphatic carbocycles. The summed E-state index contributed by atoms with van der Waals surface area (Å²) in [6.07, 6.45) is 4.20. The molecule has 2 aliphatic rings. The zero-order valence-electron chi connectivity index (χ0n) is 18.7. The van der Waals surface area contributed by atoms with Crippen LogP contribution in [0.5, 0.6) is 0 Å². The van der Waals surface area contributed by atoms with Gasteiger partial charge in [0.1, 0.15) is 5.60 Å². The van der Waals surface area contributed by atoms with Crippen molar-refractivity contribution in [2.75, 3.05) is 31.1 Å². The number of rotatable bonds is 5. The van der Waals surface area contributed by atoms with E-state index in [2.05, 4.69) is 36.9 Å².